The number of aromatic nitrogens is 1. The van der Waals surface area contributed by atoms with E-state index < -0.39 is 0 Å². The standard InChI is InChI=1S/C14H16ClN.C3H8/c1-9(2)10(3)13-8-7-11-5-4-6-12(15)14(11)16-13;1-3-2/h4-10H,1-3H3;3H2,1-2H3. The summed E-state index contributed by atoms with van der Waals surface area (Å²) in [5, 5.41) is 1.84. The predicted octanol–water partition coefficient (Wildman–Crippen LogP) is 6.06. The lowest BCUT2D eigenvalue weighted by Crippen LogP contribution is -2.04. The summed E-state index contributed by atoms with van der Waals surface area (Å²) in [5.41, 5.74) is 2.03. The van der Waals surface area contributed by atoms with Crippen molar-refractivity contribution in [3.63, 3.8) is 0 Å². The highest BCUT2D eigenvalue weighted by Crippen LogP contribution is 2.27. The fraction of sp³-hybridized carbons (Fsp3) is 0.471. The molecule has 1 aromatic carbocycles. The van der Waals surface area contributed by atoms with Gasteiger partial charge in [-0.25, -0.2) is 0 Å². The van der Waals surface area contributed by atoms with Gasteiger partial charge in [0.25, 0.3) is 0 Å². The van der Waals surface area contributed by atoms with Crippen molar-refractivity contribution < 1.29 is 0 Å². The largest absolute Gasteiger partial charge is 0.251 e. The average Bonchev–Trinajstić information content (AvgIpc) is 2.39. The number of rotatable bonds is 2. The van der Waals surface area contributed by atoms with Crippen molar-refractivity contribution in [3.05, 3.63) is 41.0 Å². The average molecular weight is 278 g/mol. The van der Waals surface area contributed by atoms with E-state index in [1.165, 1.54) is 6.42 Å². The Hall–Kier alpha value is -1.08. The lowest BCUT2D eigenvalue weighted by atomic mass is 9.94. The maximum absolute atomic E-state index is 6.15. The van der Waals surface area contributed by atoms with Crippen LogP contribution in [-0.4, -0.2) is 4.98 Å². The summed E-state index contributed by atoms with van der Waals surface area (Å²) in [6.45, 7) is 10.9. The van der Waals surface area contributed by atoms with Crippen molar-refractivity contribution in [2.75, 3.05) is 0 Å². The van der Waals surface area contributed by atoms with Crippen LogP contribution in [0.15, 0.2) is 30.3 Å². The van der Waals surface area contributed by atoms with E-state index in [0.29, 0.717) is 11.8 Å². The third-order valence-electron chi connectivity index (χ3n) is 3.16. The van der Waals surface area contributed by atoms with Gasteiger partial charge >= 0.3 is 0 Å². The predicted molar refractivity (Wildman–Crippen MR) is 86.0 cm³/mol. The minimum Gasteiger partial charge on any atom is -0.251 e. The number of nitrogens with zero attached hydrogens (tertiary/aromatic N) is 1. The van der Waals surface area contributed by atoms with Crippen LogP contribution in [0.3, 0.4) is 0 Å². The molecule has 0 bridgehead atoms. The van der Waals surface area contributed by atoms with Crippen LogP contribution in [0.1, 0.15) is 52.7 Å². The molecule has 1 heterocycles. The van der Waals surface area contributed by atoms with Crippen LogP contribution in [0.2, 0.25) is 5.02 Å². The molecule has 0 aliphatic carbocycles. The highest BCUT2D eigenvalue weighted by Gasteiger charge is 2.12. The van der Waals surface area contributed by atoms with E-state index in [9.17, 15) is 0 Å². The van der Waals surface area contributed by atoms with Crippen molar-refractivity contribution >= 4 is 22.5 Å². The molecule has 0 aliphatic heterocycles. The molecule has 2 aromatic rings. The molecular weight excluding hydrogens is 254 g/mol. The Kier molecular flexibility index (Phi) is 6.30. The quantitative estimate of drug-likeness (QED) is 0.650. The number of halogens is 1. The number of hydrogen-bond acceptors (Lipinski definition) is 1. The molecule has 0 saturated heterocycles. The van der Waals surface area contributed by atoms with Crippen LogP contribution in [0, 0.1) is 5.92 Å². The molecule has 0 amide bonds. The van der Waals surface area contributed by atoms with Crippen LogP contribution in [0.4, 0.5) is 0 Å². The normalized spacial score (nSPS) is 12.2. The van der Waals surface area contributed by atoms with Crippen LogP contribution in [0.5, 0.6) is 0 Å². The zero-order chi connectivity index (χ0) is 14.4. The fourth-order valence-corrected chi connectivity index (χ4v) is 1.95. The maximum Gasteiger partial charge on any atom is 0.0891 e. The number of hydrogen-bond donors (Lipinski definition) is 0. The molecule has 0 aliphatic rings. The lowest BCUT2D eigenvalue weighted by molar-refractivity contribution is 0.525. The van der Waals surface area contributed by atoms with Crippen LogP contribution in [-0.2, 0) is 0 Å². The van der Waals surface area contributed by atoms with Gasteiger partial charge in [0.1, 0.15) is 0 Å². The molecule has 0 spiro atoms. The Labute approximate surface area is 122 Å². The van der Waals surface area contributed by atoms with E-state index in [1.54, 1.807) is 0 Å². The highest BCUT2D eigenvalue weighted by atomic mass is 35.5. The first-order valence-electron chi connectivity index (χ1n) is 7.06. The van der Waals surface area contributed by atoms with E-state index in [-0.39, 0.29) is 0 Å². The Morgan fingerprint density at radius 3 is 2.26 bits per heavy atom. The highest BCUT2D eigenvalue weighted by molar-refractivity contribution is 6.35. The molecule has 1 unspecified atom stereocenters. The van der Waals surface area contributed by atoms with Gasteiger partial charge in [-0.15, -0.1) is 0 Å². The van der Waals surface area contributed by atoms with E-state index in [0.717, 1.165) is 21.6 Å². The zero-order valence-corrected chi connectivity index (χ0v) is 13.3. The summed E-state index contributed by atoms with van der Waals surface area (Å²) in [6.07, 6.45) is 1.25. The summed E-state index contributed by atoms with van der Waals surface area (Å²) in [7, 11) is 0. The Bertz CT molecular complexity index is 520. The SMILES string of the molecule is CC(C)C(C)c1ccc2cccc(Cl)c2n1.CCC. The molecule has 0 fully saturated rings. The molecule has 1 atom stereocenters. The third kappa shape index (κ3) is 4.21. The van der Waals surface area contributed by atoms with Crippen LogP contribution >= 0.6 is 11.6 Å². The number of fused-ring (bicyclic) bond motifs is 1. The van der Waals surface area contributed by atoms with Crippen molar-refractivity contribution in [2.24, 2.45) is 5.92 Å². The minimum atomic E-state index is 0.459. The molecule has 1 nitrogen and oxygen atoms in total. The molecular formula is C17H24ClN. The Morgan fingerprint density at radius 2 is 1.68 bits per heavy atom. The van der Waals surface area contributed by atoms with Gasteiger partial charge in [0, 0.05) is 17.0 Å². The number of para-hydroxylation sites is 1. The first kappa shape index (κ1) is 16.0. The summed E-state index contributed by atoms with van der Waals surface area (Å²) >= 11 is 6.15. The second-order valence-corrected chi connectivity index (χ2v) is 5.69. The van der Waals surface area contributed by atoms with Gasteiger partial charge in [-0.2, -0.15) is 0 Å². The third-order valence-corrected chi connectivity index (χ3v) is 3.46. The molecule has 0 radical (unpaired) electrons. The summed E-state index contributed by atoms with van der Waals surface area (Å²) in [4.78, 5) is 4.66. The number of pyridine rings is 1. The van der Waals surface area contributed by atoms with Crippen molar-refractivity contribution in [2.45, 2.75) is 47.0 Å². The number of benzene rings is 1. The van der Waals surface area contributed by atoms with Crippen molar-refractivity contribution in [3.8, 4) is 0 Å². The molecule has 0 saturated carbocycles. The van der Waals surface area contributed by atoms with Gasteiger partial charge in [0.2, 0.25) is 0 Å². The van der Waals surface area contributed by atoms with Gasteiger partial charge in [-0.1, -0.05) is 70.8 Å². The first-order chi connectivity index (χ1) is 9.01. The van der Waals surface area contributed by atoms with Crippen molar-refractivity contribution in [1.29, 1.82) is 0 Å². The van der Waals surface area contributed by atoms with Gasteiger partial charge in [-0.3, -0.25) is 4.98 Å². The Balaban J connectivity index is 0.000000550. The zero-order valence-electron chi connectivity index (χ0n) is 12.6. The van der Waals surface area contributed by atoms with Gasteiger partial charge in [0.15, 0.2) is 0 Å². The van der Waals surface area contributed by atoms with E-state index in [2.05, 4.69) is 51.7 Å². The molecule has 2 heteroatoms. The van der Waals surface area contributed by atoms with Gasteiger partial charge < -0.3 is 0 Å². The Morgan fingerprint density at radius 1 is 1.05 bits per heavy atom. The molecule has 0 N–H and O–H groups in total. The van der Waals surface area contributed by atoms with Crippen LogP contribution < -0.4 is 0 Å². The smallest absolute Gasteiger partial charge is 0.0891 e. The van der Waals surface area contributed by atoms with Gasteiger partial charge in [-0.05, 0) is 18.1 Å². The van der Waals surface area contributed by atoms with Crippen LogP contribution in [0.25, 0.3) is 10.9 Å². The minimum absolute atomic E-state index is 0.459. The lowest BCUT2D eigenvalue weighted by Gasteiger charge is -2.15. The van der Waals surface area contributed by atoms with E-state index in [4.69, 9.17) is 11.6 Å². The summed E-state index contributed by atoms with van der Waals surface area (Å²) in [5.74, 6) is 1.05. The summed E-state index contributed by atoms with van der Waals surface area (Å²) < 4.78 is 0. The first-order valence-corrected chi connectivity index (χ1v) is 7.44. The van der Waals surface area contributed by atoms with E-state index >= 15 is 0 Å². The monoisotopic (exact) mass is 277 g/mol. The molecule has 104 valence electrons. The second-order valence-electron chi connectivity index (χ2n) is 5.29. The van der Waals surface area contributed by atoms with Crippen molar-refractivity contribution in [1.82, 2.24) is 4.98 Å². The fourth-order valence-electron chi connectivity index (χ4n) is 1.72. The van der Waals surface area contributed by atoms with E-state index in [1.807, 2.05) is 18.2 Å². The second kappa shape index (κ2) is 7.49. The maximum atomic E-state index is 6.15. The molecule has 1 aromatic heterocycles. The summed E-state index contributed by atoms with van der Waals surface area (Å²) in [6, 6.07) is 10.1. The van der Waals surface area contributed by atoms with Gasteiger partial charge in [0.05, 0.1) is 10.5 Å². The molecule has 2 rings (SSSR count). The topological polar surface area (TPSA) is 12.9 Å². The molecule has 19 heavy (non-hydrogen) atoms.